The molecule has 100 valence electrons. The maximum atomic E-state index is 12.1. The molecule has 0 aliphatic rings. The van der Waals surface area contributed by atoms with Crippen LogP contribution in [0.4, 0.5) is 5.69 Å². The van der Waals surface area contributed by atoms with E-state index >= 15 is 0 Å². The Morgan fingerprint density at radius 1 is 1.20 bits per heavy atom. The van der Waals surface area contributed by atoms with Gasteiger partial charge in [0.05, 0.1) is 22.3 Å². The molecule has 0 unspecified atom stereocenters. The highest BCUT2D eigenvalue weighted by Crippen LogP contribution is 2.23. The van der Waals surface area contributed by atoms with Crippen molar-refractivity contribution in [3.05, 3.63) is 64.2 Å². The van der Waals surface area contributed by atoms with Gasteiger partial charge in [-0.05, 0) is 35.9 Å². The molecule has 0 saturated heterocycles. The zero-order chi connectivity index (χ0) is 14.5. The molecule has 2 aromatic carbocycles. The molecule has 0 aromatic heterocycles. The summed E-state index contributed by atoms with van der Waals surface area (Å²) in [6.07, 6.45) is 0. The molecule has 3 nitrogen and oxygen atoms in total. The molecule has 0 aliphatic carbocycles. The number of benzene rings is 2. The number of alkyl halides is 1. The predicted octanol–water partition coefficient (Wildman–Crippen LogP) is 4.20. The number of nitrogens with zero attached hydrogens (tertiary/aromatic N) is 1. The van der Waals surface area contributed by atoms with Crippen molar-refractivity contribution in [3.8, 4) is 6.07 Å². The molecule has 2 rings (SSSR count). The molecular formula is C15H10Cl2N2O. The number of rotatable bonds is 3. The summed E-state index contributed by atoms with van der Waals surface area (Å²) in [7, 11) is 0. The molecule has 0 bridgehead atoms. The Hall–Kier alpha value is -2.02. The van der Waals surface area contributed by atoms with Gasteiger partial charge in [-0.15, -0.1) is 11.6 Å². The summed E-state index contributed by atoms with van der Waals surface area (Å²) in [5, 5.41) is 11.8. The molecule has 2 aromatic rings. The fourth-order valence-corrected chi connectivity index (χ4v) is 2.03. The third kappa shape index (κ3) is 3.30. The van der Waals surface area contributed by atoms with Gasteiger partial charge in [0, 0.05) is 11.4 Å². The van der Waals surface area contributed by atoms with E-state index in [0.717, 1.165) is 5.56 Å². The van der Waals surface area contributed by atoms with E-state index < -0.39 is 0 Å². The molecule has 0 atom stereocenters. The summed E-state index contributed by atoms with van der Waals surface area (Å²) in [6.45, 7) is 0. The number of anilines is 1. The van der Waals surface area contributed by atoms with Crippen LogP contribution in [0.2, 0.25) is 5.02 Å². The van der Waals surface area contributed by atoms with Crippen LogP contribution in [0, 0.1) is 11.3 Å². The third-order valence-electron chi connectivity index (χ3n) is 2.72. The van der Waals surface area contributed by atoms with Crippen LogP contribution >= 0.6 is 23.2 Å². The van der Waals surface area contributed by atoms with Gasteiger partial charge in [0.1, 0.15) is 0 Å². The molecule has 5 heteroatoms. The largest absolute Gasteiger partial charge is 0.321 e. The number of carbonyl (C=O) groups excluding carboxylic acids is 1. The Morgan fingerprint density at radius 2 is 1.90 bits per heavy atom. The lowest BCUT2D eigenvalue weighted by molar-refractivity contribution is 0.102. The summed E-state index contributed by atoms with van der Waals surface area (Å²) in [4.78, 5) is 12.1. The van der Waals surface area contributed by atoms with Crippen LogP contribution in [0.5, 0.6) is 0 Å². The molecule has 0 saturated carbocycles. The molecular weight excluding hydrogens is 295 g/mol. The van der Waals surface area contributed by atoms with E-state index in [1.54, 1.807) is 36.4 Å². The average Bonchev–Trinajstić information content (AvgIpc) is 2.49. The first-order valence-corrected chi connectivity index (χ1v) is 6.71. The van der Waals surface area contributed by atoms with E-state index in [-0.39, 0.29) is 5.91 Å². The Labute approximate surface area is 126 Å². The summed E-state index contributed by atoms with van der Waals surface area (Å²) < 4.78 is 0. The SMILES string of the molecule is N#Cc1ccc(NC(=O)c2ccc(CCl)cc2)c(Cl)c1. The summed E-state index contributed by atoms with van der Waals surface area (Å²) in [6, 6.07) is 13.7. The zero-order valence-corrected chi connectivity index (χ0v) is 11.9. The van der Waals surface area contributed by atoms with E-state index in [1.807, 2.05) is 6.07 Å². The van der Waals surface area contributed by atoms with Crippen molar-refractivity contribution >= 4 is 34.8 Å². The Bertz CT molecular complexity index is 675. The number of carbonyl (C=O) groups is 1. The topological polar surface area (TPSA) is 52.9 Å². The van der Waals surface area contributed by atoms with Gasteiger partial charge in [-0.25, -0.2) is 0 Å². The van der Waals surface area contributed by atoms with E-state index in [2.05, 4.69) is 5.32 Å². The van der Waals surface area contributed by atoms with Gasteiger partial charge in [0.15, 0.2) is 0 Å². The molecule has 0 aliphatic heterocycles. The average molecular weight is 305 g/mol. The van der Waals surface area contributed by atoms with Crippen molar-refractivity contribution in [3.63, 3.8) is 0 Å². The first-order valence-electron chi connectivity index (χ1n) is 5.80. The van der Waals surface area contributed by atoms with Crippen LogP contribution in [-0.4, -0.2) is 5.91 Å². The van der Waals surface area contributed by atoms with Gasteiger partial charge in [-0.2, -0.15) is 5.26 Å². The number of hydrogen-bond acceptors (Lipinski definition) is 2. The second-order valence-electron chi connectivity index (χ2n) is 4.09. The van der Waals surface area contributed by atoms with Crippen LogP contribution in [-0.2, 0) is 5.88 Å². The van der Waals surface area contributed by atoms with Crippen LogP contribution in [0.1, 0.15) is 21.5 Å². The van der Waals surface area contributed by atoms with Crippen molar-refractivity contribution in [1.82, 2.24) is 0 Å². The Kier molecular flexibility index (Phi) is 4.62. The number of amides is 1. The van der Waals surface area contributed by atoms with E-state index in [9.17, 15) is 4.79 Å². The van der Waals surface area contributed by atoms with Crippen molar-refractivity contribution in [2.75, 3.05) is 5.32 Å². The fourth-order valence-electron chi connectivity index (χ4n) is 1.63. The lowest BCUT2D eigenvalue weighted by atomic mass is 10.1. The van der Waals surface area contributed by atoms with Gasteiger partial charge < -0.3 is 5.32 Å². The maximum Gasteiger partial charge on any atom is 0.255 e. The highest BCUT2D eigenvalue weighted by atomic mass is 35.5. The van der Waals surface area contributed by atoms with Crippen molar-refractivity contribution < 1.29 is 4.79 Å². The number of hydrogen-bond donors (Lipinski definition) is 1. The maximum absolute atomic E-state index is 12.1. The molecule has 0 heterocycles. The summed E-state index contributed by atoms with van der Waals surface area (Å²) in [5.41, 5.74) is 2.37. The molecule has 0 fully saturated rings. The van der Waals surface area contributed by atoms with Crippen LogP contribution < -0.4 is 5.32 Å². The first kappa shape index (κ1) is 14.4. The minimum absolute atomic E-state index is 0.266. The van der Waals surface area contributed by atoms with Crippen molar-refractivity contribution in [2.24, 2.45) is 0 Å². The van der Waals surface area contributed by atoms with Gasteiger partial charge in [0.25, 0.3) is 5.91 Å². The van der Waals surface area contributed by atoms with Crippen molar-refractivity contribution in [2.45, 2.75) is 5.88 Å². The Morgan fingerprint density at radius 3 is 2.45 bits per heavy atom. The van der Waals surface area contributed by atoms with E-state index in [4.69, 9.17) is 28.5 Å². The number of nitrogens with one attached hydrogen (secondary N) is 1. The predicted molar refractivity (Wildman–Crippen MR) is 80.1 cm³/mol. The smallest absolute Gasteiger partial charge is 0.255 e. The summed E-state index contributed by atoms with van der Waals surface area (Å²) in [5.74, 6) is 0.140. The highest BCUT2D eigenvalue weighted by molar-refractivity contribution is 6.34. The van der Waals surface area contributed by atoms with Gasteiger partial charge >= 0.3 is 0 Å². The van der Waals surface area contributed by atoms with Crippen LogP contribution in [0.15, 0.2) is 42.5 Å². The second kappa shape index (κ2) is 6.42. The minimum Gasteiger partial charge on any atom is -0.321 e. The first-order chi connectivity index (χ1) is 9.63. The monoisotopic (exact) mass is 304 g/mol. The van der Waals surface area contributed by atoms with Crippen LogP contribution in [0.25, 0.3) is 0 Å². The molecule has 20 heavy (non-hydrogen) atoms. The zero-order valence-electron chi connectivity index (χ0n) is 10.4. The fraction of sp³-hybridized carbons (Fsp3) is 0.0667. The highest BCUT2D eigenvalue weighted by Gasteiger charge is 2.09. The lowest BCUT2D eigenvalue weighted by Crippen LogP contribution is -2.12. The van der Waals surface area contributed by atoms with E-state index in [0.29, 0.717) is 27.7 Å². The standard InChI is InChI=1S/C15H10Cl2N2O/c16-8-10-1-4-12(5-2-10)15(20)19-14-6-3-11(9-18)7-13(14)17/h1-7H,8H2,(H,19,20). The van der Waals surface area contributed by atoms with Crippen molar-refractivity contribution in [1.29, 1.82) is 5.26 Å². The van der Waals surface area contributed by atoms with E-state index in [1.165, 1.54) is 6.07 Å². The van der Waals surface area contributed by atoms with Gasteiger partial charge in [0.2, 0.25) is 0 Å². The molecule has 0 spiro atoms. The van der Waals surface area contributed by atoms with Gasteiger partial charge in [-0.3, -0.25) is 4.79 Å². The lowest BCUT2D eigenvalue weighted by Gasteiger charge is -2.07. The quantitative estimate of drug-likeness (QED) is 0.864. The molecule has 1 amide bonds. The third-order valence-corrected chi connectivity index (χ3v) is 3.34. The normalized spacial score (nSPS) is 9.85. The summed E-state index contributed by atoms with van der Waals surface area (Å²) >= 11 is 11.7. The minimum atomic E-state index is -0.266. The Balaban J connectivity index is 2.17. The number of nitriles is 1. The second-order valence-corrected chi connectivity index (χ2v) is 4.77. The molecule has 0 radical (unpaired) electrons. The number of halogens is 2. The molecule has 1 N–H and O–H groups in total. The van der Waals surface area contributed by atoms with Crippen LogP contribution in [0.3, 0.4) is 0 Å². The van der Waals surface area contributed by atoms with Gasteiger partial charge in [-0.1, -0.05) is 23.7 Å².